The smallest absolute Gasteiger partial charge is 0.166 e. The minimum atomic E-state index is -0.572. The number of benzene rings is 1. The van der Waals surface area contributed by atoms with Crippen LogP contribution >= 0.6 is 11.6 Å². The van der Waals surface area contributed by atoms with E-state index in [4.69, 9.17) is 38.2 Å². The van der Waals surface area contributed by atoms with Crippen molar-refractivity contribution in [3.05, 3.63) is 70.3 Å². The average Bonchev–Trinajstić information content (AvgIpc) is 3.60. The molecule has 1 fully saturated rings. The van der Waals surface area contributed by atoms with Crippen LogP contribution in [0.2, 0.25) is 0 Å². The highest BCUT2D eigenvalue weighted by Crippen LogP contribution is 2.33. The summed E-state index contributed by atoms with van der Waals surface area (Å²) in [5.74, 6) is 0.762. The van der Waals surface area contributed by atoms with Gasteiger partial charge >= 0.3 is 0 Å². The van der Waals surface area contributed by atoms with Gasteiger partial charge in [0.1, 0.15) is 17.1 Å². The second-order valence-corrected chi connectivity index (χ2v) is 9.06. The number of aromatic nitrogens is 1. The molecule has 4 rings (SSSR count). The zero-order valence-corrected chi connectivity index (χ0v) is 19.9. The molecule has 1 aliphatic heterocycles. The highest BCUT2D eigenvalue weighted by Gasteiger charge is 2.24. The number of ether oxygens (including phenoxy) is 1. The molecule has 178 valence electrons. The van der Waals surface area contributed by atoms with Gasteiger partial charge in [0.15, 0.2) is 11.6 Å². The summed E-state index contributed by atoms with van der Waals surface area (Å²) in [5, 5.41) is 11.0. The van der Waals surface area contributed by atoms with E-state index in [9.17, 15) is 4.39 Å². The number of hydrogen-bond donors (Lipinski definition) is 4. The standard InChI is InChI=1S/C25H28ClFN6O/c1-13(28)20-12-31-21(9-23(26)29)18-6-5-17(27)8-19(18)14(2)34-22-7-16(11-33-25(22)30)24(20)32-10-15-3-4-15/h5-9,11,14-15,29,31H,3-4,10,12,28H2,1-2H3,(H2,30,33)/b20-13?,21-9-,29-23?,32-24?/t14-/m1/s1. The lowest BCUT2D eigenvalue weighted by molar-refractivity contribution is 0.226. The van der Waals surface area contributed by atoms with Gasteiger partial charge in [-0.3, -0.25) is 10.4 Å². The van der Waals surface area contributed by atoms with Gasteiger partial charge in [0.2, 0.25) is 0 Å². The minimum absolute atomic E-state index is 0.172. The normalized spacial score (nSPS) is 22.2. The number of nitrogen functional groups attached to an aromatic ring is 1. The molecule has 34 heavy (non-hydrogen) atoms. The summed E-state index contributed by atoms with van der Waals surface area (Å²) >= 11 is 5.94. The predicted molar refractivity (Wildman–Crippen MR) is 135 cm³/mol. The SMILES string of the molecule is CC(N)=C1CN/C(=C\C(=N)Cl)c2ccc(F)cc2[C@@H](C)Oc2cc(cnc2N)C1=NCC1CC1. The summed E-state index contributed by atoms with van der Waals surface area (Å²) in [5.41, 5.74) is 17.0. The molecule has 0 amide bonds. The summed E-state index contributed by atoms with van der Waals surface area (Å²) in [7, 11) is 0. The van der Waals surface area contributed by atoms with Crippen molar-refractivity contribution in [1.29, 1.82) is 5.41 Å². The largest absolute Gasteiger partial charge is 0.482 e. The number of allylic oxidation sites excluding steroid dienone is 2. The van der Waals surface area contributed by atoms with Gasteiger partial charge in [0.05, 0.1) is 5.71 Å². The Balaban J connectivity index is 1.91. The first-order valence-electron chi connectivity index (χ1n) is 11.1. The summed E-state index contributed by atoms with van der Waals surface area (Å²) in [6.07, 6.45) is 4.90. The number of nitrogens with zero attached hydrogens (tertiary/aromatic N) is 2. The number of aliphatic imine (C=N–C) groups is 1. The molecule has 2 aliphatic rings. The molecule has 9 heteroatoms. The van der Waals surface area contributed by atoms with E-state index in [1.165, 1.54) is 31.1 Å². The number of fused-ring (bicyclic) bond motifs is 3. The van der Waals surface area contributed by atoms with E-state index in [-0.39, 0.29) is 11.0 Å². The molecular formula is C25H28ClFN6O. The molecule has 2 heterocycles. The van der Waals surface area contributed by atoms with Gasteiger partial charge in [-0.25, -0.2) is 9.37 Å². The lowest BCUT2D eigenvalue weighted by Gasteiger charge is -2.24. The van der Waals surface area contributed by atoms with Gasteiger partial charge in [-0.15, -0.1) is 0 Å². The summed E-state index contributed by atoms with van der Waals surface area (Å²) in [6.45, 7) is 4.63. The number of halogens is 2. The number of nitrogens with one attached hydrogen (secondary N) is 2. The lowest BCUT2D eigenvalue weighted by atomic mass is 9.97. The summed E-state index contributed by atoms with van der Waals surface area (Å²) in [4.78, 5) is 9.24. The average molecular weight is 483 g/mol. The molecular weight excluding hydrogens is 455 g/mol. The molecule has 0 spiro atoms. The monoisotopic (exact) mass is 482 g/mol. The van der Waals surface area contributed by atoms with Crippen LogP contribution < -0.4 is 21.5 Å². The van der Waals surface area contributed by atoms with Gasteiger partial charge in [0, 0.05) is 52.9 Å². The van der Waals surface area contributed by atoms with Crippen LogP contribution in [0.25, 0.3) is 5.70 Å². The highest BCUT2D eigenvalue weighted by molar-refractivity contribution is 6.68. The molecule has 1 saturated carbocycles. The Morgan fingerprint density at radius 1 is 1.38 bits per heavy atom. The van der Waals surface area contributed by atoms with Crippen LogP contribution in [-0.4, -0.2) is 29.0 Å². The van der Waals surface area contributed by atoms with Crippen molar-refractivity contribution in [2.75, 3.05) is 18.8 Å². The van der Waals surface area contributed by atoms with Crippen LogP contribution in [0.15, 0.2) is 52.8 Å². The molecule has 6 N–H and O–H groups in total. The lowest BCUT2D eigenvalue weighted by Crippen LogP contribution is -2.26. The number of hydrogen-bond acceptors (Lipinski definition) is 7. The van der Waals surface area contributed by atoms with Crippen molar-refractivity contribution < 1.29 is 9.13 Å². The topological polar surface area (TPSA) is 122 Å². The third-order valence-electron chi connectivity index (χ3n) is 5.89. The van der Waals surface area contributed by atoms with Crippen LogP contribution in [0.3, 0.4) is 0 Å². The van der Waals surface area contributed by atoms with Crippen LogP contribution in [0, 0.1) is 17.1 Å². The maximum absolute atomic E-state index is 14.2. The van der Waals surface area contributed by atoms with Crippen molar-refractivity contribution in [2.24, 2.45) is 16.6 Å². The quantitative estimate of drug-likeness (QED) is 0.478. The molecule has 0 unspecified atom stereocenters. The van der Waals surface area contributed by atoms with Gasteiger partial charge in [-0.05, 0) is 62.9 Å². The van der Waals surface area contributed by atoms with Crippen molar-refractivity contribution in [2.45, 2.75) is 32.8 Å². The Bertz CT molecular complexity index is 1210. The Labute approximate surface area is 203 Å². The van der Waals surface area contributed by atoms with E-state index in [0.717, 1.165) is 11.1 Å². The fraction of sp³-hybridized carbons (Fsp3) is 0.320. The molecule has 2 aromatic rings. The maximum Gasteiger partial charge on any atom is 0.166 e. The minimum Gasteiger partial charge on any atom is -0.482 e. The molecule has 1 aromatic heterocycles. The molecule has 1 atom stereocenters. The van der Waals surface area contributed by atoms with Crippen molar-refractivity contribution in [1.82, 2.24) is 10.3 Å². The van der Waals surface area contributed by atoms with E-state index >= 15 is 0 Å². The van der Waals surface area contributed by atoms with E-state index in [1.54, 1.807) is 25.3 Å². The zero-order valence-electron chi connectivity index (χ0n) is 19.2. The molecule has 1 aliphatic carbocycles. The Hall–Kier alpha value is -3.39. The first-order chi connectivity index (χ1) is 16.2. The zero-order chi connectivity index (χ0) is 24.4. The van der Waals surface area contributed by atoms with Crippen molar-refractivity contribution in [3.8, 4) is 5.75 Å². The van der Waals surface area contributed by atoms with E-state index in [1.807, 2.05) is 6.92 Å². The highest BCUT2D eigenvalue weighted by atomic mass is 35.5. The molecule has 0 radical (unpaired) electrons. The molecule has 1 aromatic carbocycles. The van der Waals surface area contributed by atoms with E-state index in [0.29, 0.717) is 53.0 Å². The van der Waals surface area contributed by atoms with E-state index in [2.05, 4.69) is 10.3 Å². The van der Waals surface area contributed by atoms with Crippen molar-refractivity contribution in [3.63, 3.8) is 0 Å². The van der Waals surface area contributed by atoms with Crippen LogP contribution in [0.5, 0.6) is 5.75 Å². The fourth-order valence-electron chi connectivity index (χ4n) is 3.87. The second-order valence-electron chi connectivity index (χ2n) is 8.65. The Kier molecular flexibility index (Phi) is 6.88. The van der Waals surface area contributed by atoms with Gasteiger partial charge in [-0.1, -0.05) is 11.6 Å². The third kappa shape index (κ3) is 5.39. The molecule has 7 nitrogen and oxygen atoms in total. The maximum atomic E-state index is 14.2. The first-order valence-corrected chi connectivity index (χ1v) is 11.5. The number of nitrogens with two attached hydrogens (primary N) is 2. The summed E-state index contributed by atoms with van der Waals surface area (Å²) in [6, 6.07) is 6.20. The Morgan fingerprint density at radius 3 is 2.82 bits per heavy atom. The molecule has 2 bridgehead atoms. The predicted octanol–water partition coefficient (Wildman–Crippen LogP) is 4.53. The van der Waals surface area contributed by atoms with Crippen LogP contribution in [-0.2, 0) is 0 Å². The Morgan fingerprint density at radius 2 is 2.15 bits per heavy atom. The fourth-order valence-corrected chi connectivity index (χ4v) is 3.98. The third-order valence-corrected chi connectivity index (χ3v) is 6.00. The van der Waals surface area contributed by atoms with Gasteiger partial charge in [0.25, 0.3) is 0 Å². The van der Waals surface area contributed by atoms with Gasteiger partial charge in [-0.2, -0.15) is 0 Å². The number of pyridine rings is 1. The molecule has 0 saturated heterocycles. The number of rotatable bonds is 3. The van der Waals surface area contributed by atoms with Crippen molar-refractivity contribution >= 4 is 34.0 Å². The second kappa shape index (κ2) is 9.85. The number of anilines is 1. The van der Waals surface area contributed by atoms with Gasteiger partial charge < -0.3 is 21.5 Å². The van der Waals surface area contributed by atoms with Crippen LogP contribution in [0.4, 0.5) is 10.2 Å². The van der Waals surface area contributed by atoms with Crippen LogP contribution in [0.1, 0.15) is 49.5 Å². The summed E-state index contributed by atoms with van der Waals surface area (Å²) < 4.78 is 20.4. The first kappa shape index (κ1) is 23.8. The van der Waals surface area contributed by atoms with E-state index < -0.39 is 11.9 Å².